The van der Waals surface area contributed by atoms with E-state index >= 15 is 0 Å². The van der Waals surface area contributed by atoms with Crippen LogP contribution in [-0.4, -0.2) is 35.7 Å². The molecule has 0 saturated heterocycles. The first-order chi connectivity index (χ1) is 8.99. The fraction of sp³-hybridized carbons (Fsp3) is 0.533. The molecule has 0 radical (unpaired) electrons. The Bertz CT molecular complexity index is 420. The first kappa shape index (κ1) is 15.5. The maximum atomic E-state index is 10.8. The van der Waals surface area contributed by atoms with Crippen LogP contribution < -0.4 is 4.74 Å². The molecule has 0 bridgehead atoms. The van der Waals surface area contributed by atoms with Crippen LogP contribution in [0.2, 0.25) is 0 Å². The summed E-state index contributed by atoms with van der Waals surface area (Å²) in [5, 5.41) is 8.92. The van der Waals surface area contributed by atoms with Gasteiger partial charge in [-0.25, -0.2) is 0 Å². The van der Waals surface area contributed by atoms with Crippen molar-refractivity contribution in [2.75, 3.05) is 13.7 Å². The molecule has 19 heavy (non-hydrogen) atoms. The third-order valence-corrected chi connectivity index (χ3v) is 3.48. The van der Waals surface area contributed by atoms with Crippen LogP contribution in [0.4, 0.5) is 0 Å². The average Bonchev–Trinajstić information content (AvgIpc) is 2.38. The number of hydrogen-bond acceptors (Lipinski definition) is 3. The number of carbonyl (C=O) groups is 1. The second-order valence-corrected chi connectivity index (χ2v) is 4.73. The predicted molar refractivity (Wildman–Crippen MR) is 75.5 cm³/mol. The first-order valence-electron chi connectivity index (χ1n) is 6.61. The second-order valence-electron chi connectivity index (χ2n) is 4.73. The summed E-state index contributed by atoms with van der Waals surface area (Å²) in [6.45, 7) is 6.91. The van der Waals surface area contributed by atoms with Gasteiger partial charge in [0.05, 0.1) is 13.5 Å². The molecule has 1 rings (SSSR count). The smallest absolute Gasteiger partial charge is 0.304 e. The molecule has 2 unspecified atom stereocenters. The predicted octanol–water partition coefficient (Wildman–Crippen LogP) is 2.94. The Hall–Kier alpha value is -1.55. The third-order valence-electron chi connectivity index (χ3n) is 3.48. The van der Waals surface area contributed by atoms with Gasteiger partial charge in [0.25, 0.3) is 0 Å². The number of carboxylic acid groups (broad SMARTS) is 1. The summed E-state index contributed by atoms with van der Waals surface area (Å²) in [4.78, 5) is 13.0. The third kappa shape index (κ3) is 4.24. The van der Waals surface area contributed by atoms with Crippen LogP contribution in [-0.2, 0) is 4.79 Å². The van der Waals surface area contributed by atoms with Crippen LogP contribution in [0.3, 0.4) is 0 Å². The molecule has 0 fully saturated rings. The maximum absolute atomic E-state index is 10.8. The minimum Gasteiger partial charge on any atom is -0.497 e. The van der Waals surface area contributed by atoms with Gasteiger partial charge in [-0.2, -0.15) is 0 Å². The molecule has 0 amide bonds. The van der Waals surface area contributed by atoms with Gasteiger partial charge in [-0.3, -0.25) is 9.69 Å². The SMILES string of the molecule is CCN(C(C)CC(=O)O)C(C)c1cccc(OC)c1. The van der Waals surface area contributed by atoms with Crippen molar-refractivity contribution < 1.29 is 14.6 Å². The Balaban J connectivity index is 2.87. The number of carboxylic acids is 1. The Morgan fingerprint density at radius 1 is 1.42 bits per heavy atom. The van der Waals surface area contributed by atoms with E-state index in [9.17, 15) is 4.79 Å². The van der Waals surface area contributed by atoms with E-state index in [0.29, 0.717) is 0 Å². The van der Waals surface area contributed by atoms with Crippen LogP contribution in [0.1, 0.15) is 38.8 Å². The van der Waals surface area contributed by atoms with E-state index in [1.165, 1.54) is 0 Å². The second kappa shape index (κ2) is 7.14. The van der Waals surface area contributed by atoms with Crippen molar-refractivity contribution >= 4 is 5.97 Å². The maximum Gasteiger partial charge on any atom is 0.304 e. The fourth-order valence-corrected chi connectivity index (χ4v) is 2.43. The number of nitrogens with zero attached hydrogens (tertiary/aromatic N) is 1. The summed E-state index contributed by atoms with van der Waals surface area (Å²) in [6, 6.07) is 8.08. The highest BCUT2D eigenvalue weighted by molar-refractivity contribution is 5.67. The zero-order valence-electron chi connectivity index (χ0n) is 12.1. The standard InChI is InChI=1S/C15H23NO3/c1-5-16(11(2)9-15(17)18)12(3)13-7-6-8-14(10-13)19-4/h6-8,10-12H,5,9H2,1-4H3,(H,17,18). The van der Waals surface area contributed by atoms with E-state index in [0.717, 1.165) is 17.9 Å². The van der Waals surface area contributed by atoms with Crippen molar-refractivity contribution in [3.8, 4) is 5.75 Å². The molecule has 4 heteroatoms. The van der Waals surface area contributed by atoms with Gasteiger partial charge in [-0.05, 0) is 38.1 Å². The molecule has 0 aliphatic rings. The van der Waals surface area contributed by atoms with Gasteiger partial charge in [0, 0.05) is 12.1 Å². The van der Waals surface area contributed by atoms with Crippen molar-refractivity contribution in [2.45, 2.75) is 39.3 Å². The zero-order chi connectivity index (χ0) is 14.4. The van der Waals surface area contributed by atoms with E-state index in [2.05, 4.69) is 18.7 Å². The van der Waals surface area contributed by atoms with Crippen LogP contribution >= 0.6 is 0 Å². The van der Waals surface area contributed by atoms with Crippen molar-refractivity contribution in [1.29, 1.82) is 0 Å². The van der Waals surface area contributed by atoms with Crippen LogP contribution in [0.5, 0.6) is 5.75 Å². The lowest BCUT2D eigenvalue weighted by atomic mass is 10.0. The summed E-state index contributed by atoms with van der Waals surface area (Å²) in [5.41, 5.74) is 1.14. The molecular formula is C15H23NO3. The molecule has 0 aromatic heterocycles. The quantitative estimate of drug-likeness (QED) is 0.823. The van der Waals surface area contributed by atoms with Gasteiger partial charge in [-0.1, -0.05) is 19.1 Å². The lowest BCUT2D eigenvalue weighted by molar-refractivity contribution is -0.138. The van der Waals surface area contributed by atoms with Crippen LogP contribution in [0.25, 0.3) is 0 Å². The number of aliphatic carboxylic acids is 1. The topological polar surface area (TPSA) is 49.8 Å². The molecule has 0 spiro atoms. The van der Waals surface area contributed by atoms with Crippen molar-refractivity contribution in [3.63, 3.8) is 0 Å². The van der Waals surface area contributed by atoms with Gasteiger partial charge in [0.15, 0.2) is 0 Å². The molecule has 1 aromatic carbocycles. The van der Waals surface area contributed by atoms with E-state index in [4.69, 9.17) is 9.84 Å². The molecule has 1 N–H and O–H groups in total. The van der Waals surface area contributed by atoms with E-state index in [-0.39, 0.29) is 18.5 Å². The molecule has 4 nitrogen and oxygen atoms in total. The van der Waals surface area contributed by atoms with Crippen LogP contribution in [0, 0.1) is 0 Å². The largest absolute Gasteiger partial charge is 0.497 e. The monoisotopic (exact) mass is 265 g/mol. The van der Waals surface area contributed by atoms with E-state index in [1.807, 2.05) is 31.2 Å². The Morgan fingerprint density at radius 3 is 2.63 bits per heavy atom. The first-order valence-corrected chi connectivity index (χ1v) is 6.61. The number of benzene rings is 1. The van der Waals surface area contributed by atoms with Crippen molar-refractivity contribution in [3.05, 3.63) is 29.8 Å². The highest BCUT2D eigenvalue weighted by Gasteiger charge is 2.22. The minimum atomic E-state index is -0.760. The summed E-state index contributed by atoms with van der Waals surface area (Å²) < 4.78 is 5.23. The molecule has 0 heterocycles. The van der Waals surface area contributed by atoms with Crippen molar-refractivity contribution in [1.82, 2.24) is 4.90 Å². The molecule has 0 saturated carbocycles. The summed E-state index contributed by atoms with van der Waals surface area (Å²) in [6.07, 6.45) is 0.155. The lowest BCUT2D eigenvalue weighted by Gasteiger charge is -2.33. The summed E-state index contributed by atoms with van der Waals surface area (Å²) in [5.74, 6) is 0.0649. The molecule has 2 atom stereocenters. The number of rotatable bonds is 7. The Labute approximate surface area is 115 Å². The fourth-order valence-electron chi connectivity index (χ4n) is 2.43. The molecular weight excluding hydrogens is 242 g/mol. The highest BCUT2D eigenvalue weighted by Crippen LogP contribution is 2.26. The number of methoxy groups -OCH3 is 1. The normalized spacial score (nSPS) is 14.2. The highest BCUT2D eigenvalue weighted by atomic mass is 16.5. The van der Waals surface area contributed by atoms with E-state index < -0.39 is 5.97 Å². The number of hydrogen-bond donors (Lipinski definition) is 1. The summed E-state index contributed by atoms with van der Waals surface area (Å²) in [7, 11) is 1.65. The van der Waals surface area contributed by atoms with Gasteiger partial charge in [0.2, 0.25) is 0 Å². The average molecular weight is 265 g/mol. The summed E-state index contributed by atoms with van der Waals surface area (Å²) >= 11 is 0. The molecule has 1 aromatic rings. The van der Waals surface area contributed by atoms with E-state index in [1.54, 1.807) is 7.11 Å². The lowest BCUT2D eigenvalue weighted by Crippen LogP contribution is -2.36. The molecule has 0 aliphatic heterocycles. The van der Waals surface area contributed by atoms with Gasteiger partial charge < -0.3 is 9.84 Å². The van der Waals surface area contributed by atoms with Crippen LogP contribution in [0.15, 0.2) is 24.3 Å². The van der Waals surface area contributed by atoms with Gasteiger partial charge in [-0.15, -0.1) is 0 Å². The number of ether oxygens (including phenoxy) is 1. The minimum absolute atomic E-state index is 0.00343. The van der Waals surface area contributed by atoms with Crippen molar-refractivity contribution in [2.24, 2.45) is 0 Å². The van der Waals surface area contributed by atoms with Gasteiger partial charge >= 0.3 is 5.97 Å². The Morgan fingerprint density at radius 2 is 2.11 bits per heavy atom. The zero-order valence-corrected chi connectivity index (χ0v) is 12.1. The van der Waals surface area contributed by atoms with Gasteiger partial charge in [0.1, 0.15) is 5.75 Å². The molecule has 0 aliphatic carbocycles. The molecule has 106 valence electrons. The Kier molecular flexibility index (Phi) is 5.83.